The molecule has 16 heavy (non-hydrogen) atoms. The van der Waals surface area contributed by atoms with Crippen LogP contribution in [0.2, 0.25) is 0 Å². The van der Waals surface area contributed by atoms with E-state index in [-0.39, 0.29) is 5.75 Å². The number of alkyl halides is 4. The molecule has 0 saturated heterocycles. The van der Waals surface area contributed by atoms with E-state index in [4.69, 9.17) is 0 Å². The monoisotopic (exact) mass is 408 g/mol. The molecule has 6 heteroatoms. The Morgan fingerprint density at radius 1 is 1.31 bits per heavy atom. The van der Waals surface area contributed by atoms with Gasteiger partial charge in [0.05, 0.1) is 0 Å². The van der Waals surface area contributed by atoms with E-state index in [1.54, 1.807) is 12.1 Å². The molecule has 1 aromatic rings. The smallest absolute Gasteiger partial charge is 0.405 e. The molecule has 0 saturated carbocycles. The van der Waals surface area contributed by atoms with Crippen LogP contribution >= 0.6 is 38.5 Å². The highest BCUT2D eigenvalue weighted by Gasteiger charge is 2.32. The molecule has 0 bridgehead atoms. The lowest BCUT2D eigenvalue weighted by molar-refractivity contribution is -0.274. The summed E-state index contributed by atoms with van der Waals surface area (Å²) in [7, 11) is 0. The molecule has 0 aliphatic heterocycles. The second kappa shape index (κ2) is 6.09. The van der Waals surface area contributed by atoms with Gasteiger partial charge in [0, 0.05) is 14.5 Å². The molecule has 0 aliphatic carbocycles. The molecule has 0 aliphatic rings. The van der Waals surface area contributed by atoms with Crippen LogP contribution in [0.15, 0.2) is 18.2 Å². The molecule has 0 spiro atoms. The summed E-state index contributed by atoms with van der Waals surface area (Å²) >= 11 is 5.27. The zero-order valence-corrected chi connectivity index (χ0v) is 11.9. The topological polar surface area (TPSA) is 9.23 Å². The fourth-order valence-corrected chi connectivity index (χ4v) is 2.27. The highest BCUT2D eigenvalue weighted by Crippen LogP contribution is 2.30. The van der Waals surface area contributed by atoms with Crippen molar-refractivity contribution in [2.45, 2.75) is 19.2 Å². The number of hydrogen-bond donors (Lipinski definition) is 0. The quantitative estimate of drug-likeness (QED) is 0.525. The summed E-state index contributed by atoms with van der Waals surface area (Å²) in [5.41, 5.74) is 0.611. The van der Waals surface area contributed by atoms with Crippen molar-refractivity contribution < 1.29 is 17.9 Å². The summed E-state index contributed by atoms with van der Waals surface area (Å²) < 4.78 is 41.2. The van der Waals surface area contributed by atoms with Gasteiger partial charge in [0.15, 0.2) is 0 Å². The highest BCUT2D eigenvalue weighted by molar-refractivity contribution is 14.1. The van der Waals surface area contributed by atoms with Crippen LogP contribution in [0.4, 0.5) is 13.2 Å². The maximum Gasteiger partial charge on any atom is 0.573 e. The molecule has 0 amide bonds. The molecule has 0 unspecified atom stereocenters. The van der Waals surface area contributed by atoms with Gasteiger partial charge in [0.25, 0.3) is 0 Å². The van der Waals surface area contributed by atoms with Crippen molar-refractivity contribution in [3.8, 4) is 5.75 Å². The molecule has 0 N–H and O–H groups in total. The summed E-state index contributed by atoms with van der Waals surface area (Å²) in [5.74, 6) is -0.0969. The largest absolute Gasteiger partial charge is 0.573 e. The minimum absolute atomic E-state index is 0.0969. The van der Waals surface area contributed by atoms with Crippen LogP contribution in [0.25, 0.3) is 0 Å². The highest BCUT2D eigenvalue weighted by atomic mass is 127. The lowest BCUT2D eigenvalue weighted by Gasteiger charge is -2.14. The van der Waals surface area contributed by atoms with Gasteiger partial charge in [-0.05, 0) is 47.6 Å². The van der Waals surface area contributed by atoms with Gasteiger partial charge in [0.1, 0.15) is 5.75 Å². The fraction of sp³-hybridized carbons (Fsp3) is 0.400. The summed E-state index contributed by atoms with van der Waals surface area (Å²) in [5, 5.41) is 0.753. The van der Waals surface area contributed by atoms with Gasteiger partial charge in [-0.15, -0.1) is 13.2 Å². The summed E-state index contributed by atoms with van der Waals surface area (Å²) in [4.78, 5) is 0. The van der Waals surface area contributed by atoms with Gasteiger partial charge in [-0.25, -0.2) is 0 Å². The van der Waals surface area contributed by atoms with Gasteiger partial charge >= 0.3 is 6.36 Å². The molecule has 0 radical (unpaired) electrons. The maximum atomic E-state index is 12.1. The first-order valence-electron chi connectivity index (χ1n) is 4.53. The third-order valence-corrected chi connectivity index (χ3v) is 3.43. The molecule has 1 rings (SSSR count). The summed E-state index contributed by atoms with van der Waals surface area (Å²) in [6.45, 7) is 0. The Hall–Kier alpha value is 0.0200. The first-order valence-corrected chi connectivity index (χ1v) is 6.73. The van der Waals surface area contributed by atoms with Crippen molar-refractivity contribution >= 4 is 38.5 Å². The fourth-order valence-electron chi connectivity index (χ4n) is 1.25. The van der Waals surface area contributed by atoms with Gasteiger partial charge in [-0.2, -0.15) is 0 Å². The summed E-state index contributed by atoms with van der Waals surface area (Å²) in [6, 6.07) is 4.67. The minimum Gasteiger partial charge on any atom is -0.405 e. The molecular formula is C10H9BrF3IO. The lowest BCUT2D eigenvalue weighted by Crippen LogP contribution is -2.18. The van der Waals surface area contributed by atoms with Crippen molar-refractivity contribution in [1.82, 2.24) is 0 Å². The normalized spacial score (nSPS) is 11.6. The number of ether oxygens (including phenoxy) is 1. The number of rotatable bonds is 4. The van der Waals surface area contributed by atoms with Gasteiger partial charge < -0.3 is 4.74 Å². The maximum absolute atomic E-state index is 12.1. The Morgan fingerprint density at radius 2 is 2.00 bits per heavy atom. The van der Waals surface area contributed by atoms with Crippen molar-refractivity contribution in [2.75, 3.05) is 5.33 Å². The molecule has 0 heterocycles. The number of halogens is 5. The average molecular weight is 409 g/mol. The second-order valence-corrected chi connectivity index (χ2v) is 5.01. The van der Waals surface area contributed by atoms with Crippen molar-refractivity contribution in [1.29, 1.82) is 0 Å². The SMILES string of the molecule is FC(F)(F)Oc1cccc(I)c1CCCBr. The molecule has 0 aromatic heterocycles. The Morgan fingerprint density at radius 3 is 2.56 bits per heavy atom. The summed E-state index contributed by atoms with van der Waals surface area (Å²) in [6.07, 6.45) is -3.29. The molecule has 0 atom stereocenters. The van der Waals surface area contributed by atoms with E-state index in [9.17, 15) is 13.2 Å². The zero-order valence-electron chi connectivity index (χ0n) is 8.15. The lowest BCUT2D eigenvalue weighted by atomic mass is 10.1. The molecule has 90 valence electrons. The van der Waals surface area contributed by atoms with E-state index in [1.807, 2.05) is 22.6 Å². The van der Waals surface area contributed by atoms with Crippen molar-refractivity contribution in [3.05, 3.63) is 27.3 Å². The van der Waals surface area contributed by atoms with Crippen LogP contribution in [0, 0.1) is 3.57 Å². The van der Waals surface area contributed by atoms with Crippen LogP contribution in [0.5, 0.6) is 5.75 Å². The Balaban J connectivity index is 2.93. The Bertz CT molecular complexity index is 354. The molecule has 0 fully saturated rings. The average Bonchev–Trinajstić information content (AvgIpc) is 2.14. The van der Waals surface area contributed by atoms with Crippen LogP contribution in [0.3, 0.4) is 0 Å². The standard InChI is InChI=1S/C10H9BrF3IO/c11-6-2-3-7-8(15)4-1-5-9(7)16-10(12,13)14/h1,4-5H,2-3,6H2. The molecule has 1 nitrogen and oxygen atoms in total. The first-order chi connectivity index (χ1) is 7.44. The first kappa shape index (κ1) is 14.1. The third kappa shape index (κ3) is 4.48. The minimum atomic E-state index is -4.63. The zero-order chi connectivity index (χ0) is 12.2. The van der Waals surface area contributed by atoms with E-state index >= 15 is 0 Å². The number of benzene rings is 1. The van der Waals surface area contributed by atoms with Gasteiger partial charge in [-0.3, -0.25) is 0 Å². The third-order valence-electron chi connectivity index (χ3n) is 1.86. The second-order valence-electron chi connectivity index (χ2n) is 3.06. The van der Waals surface area contributed by atoms with Crippen molar-refractivity contribution in [2.24, 2.45) is 0 Å². The van der Waals surface area contributed by atoms with E-state index in [2.05, 4.69) is 20.7 Å². The van der Waals surface area contributed by atoms with E-state index in [0.717, 1.165) is 15.3 Å². The van der Waals surface area contributed by atoms with Crippen LogP contribution < -0.4 is 4.74 Å². The predicted octanol–water partition coefficient (Wildman–Crippen LogP) is 4.52. The van der Waals surface area contributed by atoms with E-state index < -0.39 is 6.36 Å². The van der Waals surface area contributed by atoms with Crippen LogP contribution in [-0.2, 0) is 6.42 Å². The van der Waals surface area contributed by atoms with E-state index in [1.165, 1.54) is 6.07 Å². The number of hydrogen-bond acceptors (Lipinski definition) is 1. The molecule has 1 aromatic carbocycles. The molecular weight excluding hydrogens is 400 g/mol. The predicted molar refractivity (Wildman–Crippen MR) is 68.0 cm³/mol. The van der Waals surface area contributed by atoms with Gasteiger partial charge in [0.2, 0.25) is 0 Å². The van der Waals surface area contributed by atoms with Crippen molar-refractivity contribution in [3.63, 3.8) is 0 Å². The van der Waals surface area contributed by atoms with Crippen LogP contribution in [-0.4, -0.2) is 11.7 Å². The van der Waals surface area contributed by atoms with E-state index in [0.29, 0.717) is 12.0 Å². The Labute approximate surface area is 114 Å². The van der Waals surface area contributed by atoms with Gasteiger partial charge in [-0.1, -0.05) is 22.0 Å². The van der Waals surface area contributed by atoms with Crippen LogP contribution in [0.1, 0.15) is 12.0 Å². The Kier molecular flexibility index (Phi) is 5.36.